The highest BCUT2D eigenvalue weighted by Gasteiger charge is 2.05. The first-order chi connectivity index (χ1) is 11.6. The molecular formula is C19H33NO4. The van der Waals surface area contributed by atoms with Crippen molar-refractivity contribution in [1.29, 1.82) is 0 Å². The molecule has 0 saturated heterocycles. The fourth-order valence-electron chi connectivity index (χ4n) is 1.97. The van der Waals surface area contributed by atoms with Crippen molar-refractivity contribution in [3.63, 3.8) is 0 Å². The molecule has 0 aliphatic carbocycles. The van der Waals surface area contributed by atoms with Gasteiger partial charge in [-0.15, -0.1) is 0 Å². The molecule has 1 heterocycles. The number of nitrogens with zero attached hydrogens (tertiary/aromatic N) is 1. The van der Waals surface area contributed by atoms with Crippen LogP contribution in [0, 0.1) is 0 Å². The molecule has 0 spiro atoms. The minimum atomic E-state index is -0.560. The number of aromatic nitrogens is 1. The summed E-state index contributed by atoms with van der Waals surface area (Å²) in [6.07, 6.45) is 12.6. The van der Waals surface area contributed by atoms with Gasteiger partial charge in [-0.2, -0.15) is 0 Å². The maximum absolute atomic E-state index is 11.6. The van der Waals surface area contributed by atoms with Crippen molar-refractivity contribution >= 4 is 5.97 Å². The first-order valence-electron chi connectivity index (χ1n) is 8.97. The Kier molecular flexibility index (Phi) is 15.4. The van der Waals surface area contributed by atoms with E-state index in [9.17, 15) is 4.79 Å². The Bertz CT molecular complexity index is 396. The number of carbonyl (C=O) groups is 1. The zero-order valence-electron chi connectivity index (χ0n) is 15.1. The Labute approximate surface area is 146 Å². The summed E-state index contributed by atoms with van der Waals surface area (Å²) in [6.45, 7) is 4.14. The second-order valence-electron chi connectivity index (χ2n) is 5.88. The standard InChI is InChI=1S/C16H25NO2.C3H8O2/c1-2-3-4-5-6-7-8-9-13-19-16(18)15-11-10-12-17-14-15;1-3(5)2-4/h10-12,14H,2-9,13H2,1H3;3-5H,2H2,1H3. The van der Waals surface area contributed by atoms with E-state index in [1.54, 1.807) is 18.3 Å². The third kappa shape index (κ3) is 14.2. The number of esters is 1. The van der Waals surface area contributed by atoms with Crippen LogP contribution in [0.2, 0.25) is 0 Å². The highest BCUT2D eigenvalue weighted by atomic mass is 16.5. The lowest BCUT2D eigenvalue weighted by Crippen LogP contribution is -2.06. The molecule has 2 N–H and O–H groups in total. The third-order valence-corrected chi connectivity index (χ3v) is 3.39. The van der Waals surface area contributed by atoms with Crippen molar-refractivity contribution in [3.05, 3.63) is 30.1 Å². The van der Waals surface area contributed by atoms with Crippen LogP contribution in [-0.2, 0) is 4.74 Å². The fraction of sp³-hybridized carbons (Fsp3) is 0.684. The van der Waals surface area contributed by atoms with E-state index in [1.807, 2.05) is 0 Å². The van der Waals surface area contributed by atoms with E-state index in [1.165, 1.54) is 51.6 Å². The first kappa shape index (κ1) is 22.5. The summed E-state index contributed by atoms with van der Waals surface area (Å²) < 4.78 is 5.19. The number of aliphatic hydroxyl groups excluding tert-OH is 2. The summed E-state index contributed by atoms with van der Waals surface area (Å²) in [5.74, 6) is -0.268. The average molecular weight is 339 g/mol. The second kappa shape index (κ2) is 16.4. The van der Waals surface area contributed by atoms with Crippen LogP contribution >= 0.6 is 0 Å². The molecule has 0 aliphatic rings. The number of pyridine rings is 1. The summed E-state index contributed by atoms with van der Waals surface area (Å²) in [5.41, 5.74) is 0.530. The number of aliphatic hydroxyl groups is 2. The molecule has 138 valence electrons. The SMILES string of the molecule is CC(O)CO.CCCCCCCCCCOC(=O)c1cccnc1. The monoisotopic (exact) mass is 339 g/mol. The zero-order valence-corrected chi connectivity index (χ0v) is 15.1. The number of carbonyl (C=O) groups excluding carboxylic acids is 1. The van der Waals surface area contributed by atoms with Gasteiger partial charge in [0.25, 0.3) is 0 Å². The lowest BCUT2D eigenvalue weighted by Gasteiger charge is -2.04. The van der Waals surface area contributed by atoms with Crippen LogP contribution < -0.4 is 0 Å². The number of hydrogen-bond donors (Lipinski definition) is 2. The van der Waals surface area contributed by atoms with Crippen molar-refractivity contribution in [2.45, 2.75) is 71.3 Å². The maximum Gasteiger partial charge on any atom is 0.339 e. The van der Waals surface area contributed by atoms with Crippen molar-refractivity contribution in [2.24, 2.45) is 0 Å². The molecule has 0 aromatic carbocycles. The van der Waals surface area contributed by atoms with Gasteiger partial charge >= 0.3 is 5.97 Å². The van der Waals surface area contributed by atoms with Crippen LogP contribution in [0.25, 0.3) is 0 Å². The maximum atomic E-state index is 11.6. The summed E-state index contributed by atoms with van der Waals surface area (Å²) in [6, 6.07) is 3.47. The molecule has 0 aliphatic heterocycles. The van der Waals surface area contributed by atoms with Gasteiger partial charge in [0, 0.05) is 12.4 Å². The highest BCUT2D eigenvalue weighted by Crippen LogP contribution is 2.08. The second-order valence-corrected chi connectivity index (χ2v) is 5.88. The van der Waals surface area contributed by atoms with Crippen LogP contribution in [0.5, 0.6) is 0 Å². The Morgan fingerprint density at radius 2 is 1.75 bits per heavy atom. The van der Waals surface area contributed by atoms with Gasteiger partial charge in [0.2, 0.25) is 0 Å². The van der Waals surface area contributed by atoms with Gasteiger partial charge in [-0.3, -0.25) is 4.98 Å². The van der Waals surface area contributed by atoms with E-state index in [2.05, 4.69) is 11.9 Å². The largest absolute Gasteiger partial charge is 0.462 e. The summed E-state index contributed by atoms with van der Waals surface area (Å²) >= 11 is 0. The number of ether oxygens (including phenoxy) is 1. The van der Waals surface area contributed by atoms with Gasteiger partial charge in [0.05, 0.1) is 24.9 Å². The minimum absolute atomic E-state index is 0.139. The van der Waals surface area contributed by atoms with Gasteiger partial charge in [-0.1, -0.05) is 51.9 Å². The Hall–Kier alpha value is -1.46. The van der Waals surface area contributed by atoms with Crippen molar-refractivity contribution in [3.8, 4) is 0 Å². The molecule has 1 aromatic rings. The molecule has 24 heavy (non-hydrogen) atoms. The van der Waals surface area contributed by atoms with Gasteiger partial charge in [0.1, 0.15) is 0 Å². The average Bonchev–Trinajstić information content (AvgIpc) is 2.61. The molecule has 0 saturated carbocycles. The lowest BCUT2D eigenvalue weighted by molar-refractivity contribution is 0.0497. The molecule has 1 atom stereocenters. The van der Waals surface area contributed by atoms with E-state index in [0.29, 0.717) is 12.2 Å². The van der Waals surface area contributed by atoms with Crippen molar-refractivity contribution in [2.75, 3.05) is 13.2 Å². The molecule has 5 heteroatoms. The molecule has 0 amide bonds. The number of hydrogen-bond acceptors (Lipinski definition) is 5. The normalized spacial score (nSPS) is 11.3. The third-order valence-electron chi connectivity index (χ3n) is 3.39. The predicted molar refractivity (Wildman–Crippen MR) is 95.9 cm³/mol. The van der Waals surface area contributed by atoms with Gasteiger partial charge < -0.3 is 14.9 Å². The molecule has 0 radical (unpaired) electrons. The zero-order chi connectivity index (χ0) is 18.0. The van der Waals surface area contributed by atoms with Crippen molar-refractivity contribution < 1.29 is 19.7 Å². The predicted octanol–water partition coefficient (Wildman–Crippen LogP) is 3.74. The van der Waals surface area contributed by atoms with Crippen LogP contribution in [0.15, 0.2) is 24.5 Å². The van der Waals surface area contributed by atoms with Crippen LogP contribution in [0.1, 0.15) is 75.6 Å². The van der Waals surface area contributed by atoms with Crippen LogP contribution in [0.4, 0.5) is 0 Å². The fourth-order valence-corrected chi connectivity index (χ4v) is 1.97. The Balaban J connectivity index is 0.000000922. The van der Waals surface area contributed by atoms with E-state index < -0.39 is 6.10 Å². The molecule has 0 bridgehead atoms. The topological polar surface area (TPSA) is 79.6 Å². The Morgan fingerprint density at radius 1 is 1.17 bits per heavy atom. The number of unbranched alkanes of at least 4 members (excludes halogenated alkanes) is 7. The quantitative estimate of drug-likeness (QED) is 0.474. The lowest BCUT2D eigenvalue weighted by atomic mass is 10.1. The minimum Gasteiger partial charge on any atom is -0.462 e. The number of rotatable bonds is 11. The van der Waals surface area contributed by atoms with Crippen LogP contribution in [0.3, 0.4) is 0 Å². The summed E-state index contributed by atoms with van der Waals surface area (Å²) in [4.78, 5) is 15.5. The highest BCUT2D eigenvalue weighted by molar-refractivity contribution is 5.88. The van der Waals surface area contributed by atoms with Gasteiger partial charge in [0.15, 0.2) is 0 Å². The smallest absolute Gasteiger partial charge is 0.339 e. The van der Waals surface area contributed by atoms with Crippen molar-refractivity contribution in [1.82, 2.24) is 4.98 Å². The van der Waals surface area contributed by atoms with E-state index in [0.717, 1.165) is 12.8 Å². The molecule has 0 fully saturated rings. The Morgan fingerprint density at radius 3 is 2.25 bits per heavy atom. The molecule has 1 aromatic heterocycles. The molecular weight excluding hydrogens is 306 g/mol. The molecule has 1 unspecified atom stereocenters. The van der Waals surface area contributed by atoms with E-state index >= 15 is 0 Å². The summed E-state index contributed by atoms with van der Waals surface area (Å²) in [5, 5.41) is 16.0. The summed E-state index contributed by atoms with van der Waals surface area (Å²) in [7, 11) is 0. The van der Waals surface area contributed by atoms with Gasteiger partial charge in [-0.25, -0.2) is 4.79 Å². The molecule has 1 rings (SSSR count). The first-order valence-corrected chi connectivity index (χ1v) is 8.97. The van der Waals surface area contributed by atoms with E-state index in [-0.39, 0.29) is 12.6 Å². The molecule has 5 nitrogen and oxygen atoms in total. The van der Waals surface area contributed by atoms with Crippen LogP contribution in [-0.4, -0.2) is 40.5 Å². The van der Waals surface area contributed by atoms with Gasteiger partial charge in [-0.05, 0) is 25.5 Å². The van der Waals surface area contributed by atoms with E-state index in [4.69, 9.17) is 14.9 Å².